The summed E-state index contributed by atoms with van der Waals surface area (Å²) in [6.45, 7) is 0. The quantitative estimate of drug-likeness (QED) is 0.786. The van der Waals surface area contributed by atoms with Crippen LogP contribution >= 0.6 is 11.3 Å². The van der Waals surface area contributed by atoms with Crippen molar-refractivity contribution in [2.24, 2.45) is 0 Å². The fourth-order valence-electron chi connectivity index (χ4n) is 1.09. The second kappa shape index (κ2) is 3.74. The van der Waals surface area contributed by atoms with Crippen LogP contribution in [-0.2, 0) is 4.74 Å². The van der Waals surface area contributed by atoms with Gasteiger partial charge in [0.15, 0.2) is 10.9 Å². The van der Waals surface area contributed by atoms with Gasteiger partial charge in [-0.05, 0) is 12.1 Å². The minimum Gasteiger partial charge on any atom is -0.463 e. The zero-order chi connectivity index (χ0) is 10.8. The van der Waals surface area contributed by atoms with Crippen molar-refractivity contribution in [3.8, 4) is 11.5 Å². The lowest BCUT2D eigenvalue weighted by molar-refractivity contribution is 0.0566. The number of esters is 1. The van der Waals surface area contributed by atoms with Crippen LogP contribution in [0.5, 0.6) is 0 Å². The predicted octanol–water partition coefficient (Wildman–Crippen LogP) is 1.77. The summed E-state index contributed by atoms with van der Waals surface area (Å²) in [6, 6.07) is 3.19. The molecule has 0 unspecified atom stereocenters. The lowest BCUT2D eigenvalue weighted by Gasteiger charge is -1.92. The largest absolute Gasteiger partial charge is 0.463 e. The Kier molecular flexibility index (Phi) is 2.42. The van der Waals surface area contributed by atoms with Crippen molar-refractivity contribution < 1.29 is 13.9 Å². The standard InChI is InChI=1S/C9H8N2O3S/c1-13-8(12)7-3-2-6(14-7)5-4-15-9(10)11-5/h2-4H,1H3,(H2,10,11). The highest BCUT2D eigenvalue weighted by Gasteiger charge is 2.13. The number of thiazole rings is 1. The van der Waals surface area contributed by atoms with Crippen LogP contribution in [0, 0.1) is 0 Å². The van der Waals surface area contributed by atoms with Crippen molar-refractivity contribution in [1.29, 1.82) is 0 Å². The number of nitrogen functional groups attached to an aromatic ring is 1. The Labute approximate surface area is 89.5 Å². The van der Waals surface area contributed by atoms with Crippen LogP contribution in [0.25, 0.3) is 11.5 Å². The summed E-state index contributed by atoms with van der Waals surface area (Å²) in [5.41, 5.74) is 6.10. The Morgan fingerprint density at radius 3 is 3.00 bits per heavy atom. The van der Waals surface area contributed by atoms with E-state index in [1.165, 1.54) is 24.5 Å². The summed E-state index contributed by atoms with van der Waals surface area (Å²) in [6.07, 6.45) is 0. The summed E-state index contributed by atoms with van der Waals surface area (Å²) in [4.78, 5) is 15.1. The number of furan rings is 1. The SMILES string of the molecule is COC(=O)c1ccc(-c2csc(N)n2)o1. The fourth-order valence-corrected chi connectivity index (χ4v) is 1.64. The number of rotatable bonds is 2. The van der Waals surface area contributed by atoms with E-state index in [1.54, 1.807) is 11.4 Å². The molecular formula is C9H8N2O3S. The first kappa shape index (κ1) is 9.72. The van der Waals surface area contributed by atoms with Crippen LogP contribution in [0.2, 0.25) is 0 Å². The minimum absolute atomic E-state index is 0.152. The van der Waals surface area contributed by atoms with E-state index in [0.29, 0.717) is 16.6 Å². The Morgan fingerprint density at radius 2 is 2.40 bits per heavy atom. The molecule has 15 heavy (non-hydrogen) atoms. The molecular weight excluding hydrogens is 216 g/mol. The average Bonchev–Trinajstić information content (AvgIpc) is 2.84. The molecule has 6 heteroatoms. The van der Waals surface area contributed by atoms with Gasteiger partial charge in [0.25, 0.3) is 0 Å². The smallest absolute Gasteiger partial charge is 0.373 e. The van der Waals surface area contributed by atoms with E-state index < -0.39 is 5.97 Å². The van der Waals surface area contributed by atoms with Crippen molar-refractivity contribution in [2.45, 2.75) is 0 Å². The number of nitrogens with two attached hydrogens (primary N) is 1. The van der Waals surface area contributed by atoms with E-state index in [0.717, 1.165) is 0 Å². The zero-order valence-corrected chi connectivity index (χ0v) is 8.71. The second-order valence-corrected chi connectivity index (χ2v) is 3.62. The third-order valence-corrected chi connectivity index (χ3v) is 2.44. The van der Waals surface area contributed by atoms with Gasteiger partial charge in [0.05, 0.1) is 7.11 Å². The predicted molar refractivity (Wildman–Crippen MR) is 55.6 cm³/mol. The van der Waals surface area contributed by atoms with Crippen LogP contribution in [0.15, 0.2) is 21.9 Å². The first-order chi connectivity index (χ1) is 7.20. The van der Waals surface area contributed by atoms with Gasteiger partial charge in [0.1, 0.15) is 5.69 Å². The Balaban J connectivity index is 2.31. The van der Waals surface area contributed by atoms with Crippen molar-refractivity contribution in [3.63, 3.8) is 0 Å². The maximum atomic E-state index is 11.1. The molecule has 0 radical (unpaired) electrons. The number of methoxy groups -OCH3 is 1. The number of anilines is 1. The van der Waals surface area contributed by atoms with Crippen LogP contribution < -0.4 is 5.73 Å². The van der Waals surface area contributed by atoms with E-state index in [9.17, 15) is 4.79 Å². The summed E-state index contributed by atoms with van der Waals surface area (Å²) >= 11 is 1.31. The second-order valence-electron chi connectivity index (χ2n) is 2.73. The molecule has 0 bridgehead atoms. The van der Waals surface area contributed by atoms with E-state index >= 15 is 0 Å². The molecule has 0 atom stereocenters. The molecule has 0 saturated carbocycles. The molecule has 0 aromatic carbocycles. The lowest BCUT2D eigenvalue weighted by Crippen LogP contribution is -1.98. The highest BCUT2D eigenvalue weighted by Crippen LogP contribution is 2.25. The van der Waals surface area contributed by atoms with Gasteiger partial charge in [-0.15, -0.1) is 11.3 Å². The lowest BCUT2D eigenvalue weighted by atomic mass is 10.3. The third-order valence-electron chi connectivity index (χ3n) is 1.77. The molecule has 2 aromatic rings. The first-order valence-corrected chi connectivity index (χ1v) is 4.98. The van der Waals surface area contributed by atoms with Crippen molar-refractivity contribution in [1.82, 2.24) is 4.98 Å². The van der Waals surface area contributed by atoms with Gasteiger partial charge < -0.3 is 14.9 Å². The summed E-state index contributed by atoms with van der Waals surface area (Å²) < 4.78 is 9.77. The molecule has 2 N–H and O–H groups in total. The average molecular weight is 224 g/mol. The number of hydrogen-bond acceptors (Lipinski definition) is 6. The van der Waals surface area contributed by atoms with Gasteiger partial charge in [-0.25, -0.2) is 9.78 Å². The van der Waals surface area contributed by atoms with Gasteiger partial charge in [0.2, 0.25) is 5.76 Å². The van der Waals surface area contributed by atoms with E-state index in [1.807, 2.05) is 0 Å². The molecule has 2 aromatic heterocycles. The molecule has 0 aliphatic rings. The Morgan fingerprint density at radius 1 is 1.60 bits per heavy atom. The van der Waals surface area contributed by atoms with Gasteiger partial charge in [-0.3, -0.25) is 0 Å². The minimum atomic E-state index is -0.510. The number of carbonyl (C=O) groups is 1. The highest BCUT2D eigenvalue weighted by molar-refractivity contribution is 7.13. The first-order valence-electron chi connectivity index (χ1n) is 4.10. The zero-order valence-electron chi connectivity index (χ0n) is 7.89. The fraction of sp³-hybridized carbons (Fsp3) is 0.111. The highest BCUT2D eigenvalue weighted by atomic mass is 32.1. The summed E-state index contributed by atoms with van der Waals surface area (Å²) in [5, 5.41) is 2.22. The maximum Gasteiger partial charge on any atom is 0.373 e. The molecule has 0 aliphatic heterocycles. The molecule has 2 rings (SSSR count). The third kappa shape index (κ3) is 1.84. The normalized spacial score (nSPS) is 10.2. The van der Waals surface area contributed by atoms with E-state index in [4.69, 9.17) is 10.2 Å². The van der Waals surface area contributed by atoms with Crippen molar-refractivity contribution >= 4 is 22.4 Å². The van der Waals surface area contributed by atoms with Gasteiger partial charge >= 0.3 is 5.97 Å². The molecule has 0 spiro atoms. The Hall–Kier alpha value is -1.82. The summed E-state index contributed by atoms with van der Waals surface area (Å²) in [5.74, 6) is 0.145. The number of nitrogens with zero attached hydrogens (tertiary/aromatic N) is 1. The van der Waals surface area contributed by atoms with Crippen molar-refractivity contribution in [2.75, 3.05) is 12.8 Å². The monoisotopic (exact) mass is 224 g/mol. The Bertz CT molecular complexity index is 489. The van der Waals surface area contributed by atoms with Crippen LogP contribution in [0.1, 0.15) is 10.6 Å². The van der Waals surface area contributed by atoms with Crippen LogP contribution in [0.3, 0.4) is 0 Å². The van der Waals surface area contributed by atoms with Crippen molar-refractivity contribution in [3.05, 3.63) is 23.3 Å². The van der Waals surface area contributed by atoms with Crippen LogP contribution in [-0.4, -0.2) is 18.1 Å². The molecule has 5 nitrogen and oxygen atoms in total. The van der Waals surface area contributed by atoms with Gasteiger partial charge in [-0.1, -0.05) is 0 Å². The van der Waals surface area contributed by atoms with E-state index in [2.05, 4.69) is 9.72 Å². The van der Waals surface area contributed by atoms with Crippen LogP contribution in [0.4, 0.5) is 5.13 Å². The molecule has 0 amide bonds. The number of hydrogen-bond donors (Lipinski definition) is 1. The molecule has 2 heterocycles. The summed E-state index contributed by atoms with van der Waals surface area (Å²) in [7, 11) is 1.30. The molecule has 0 aliphatic carbocycles. The topological polar surface area (TPSA) is 78.4 Å². The maximum absolute atomic E-state index is 11.1. The molecule has 0 fully saturated rings. The molecule has 0 saturated heterocycles. The number of carbonyl (C=O) groups excluding carboxylic acids is 1. The van der Waals surface area contributed by atoms with Gasteiger partial charge in [0, 0.05) is 5.38 Å². The van der Waals surface area contributed by atoms with E-state index in [-0.39, 0.29) is 5.76 Å². The molecule has 78 valence electrons. The number of aromatic nitrogens is 1. The van der Waals surface area contributed by atoms with Gasteiger partial charge in [-0.2, -0.15) is 0 Å². The number of ether oxygens (including phenoxy) is 1.